The van der Waals surface area contributed by atoms with Gasteiger partial charge in [0.2, 0.25) is 0 Å². The van der Waals surface area contributed by atoms with Crippen LogP contribution < -0.4 is 4.74 Å². The number of ether oxygens (including phenoxy) is 1. The molecule has 1 aromatic carbocycles. The van der Waals surface area contributed by atoms with Crippen molar-refractivity contribution < 1.29 is 18.3 Å². The molecule has 70 valence electrons. The second-order valence-electron chi connectivity index (χ2n) is 2.38. The van der Waals surface area contributed by atoms with Gasteiger partial charge in [0, 0.05) is 5.56 Å². The van der Waals surface area contributed by atoms with E-state index in [1.807, 2.05) is 0 Å². The van der Waals surface area contributed by atoms with Gasteiger partial charge in [-0.2, -0.15) is 0 Å². The van der Waals surface area contributed by atoms with Crippen molar-refractivity contribution >= 4 is 6.29 Å². The summed E-state index contributed by atoms with van der Waals surface area (Å²) in [5, 5.41) is 0. The molecule has 0 radical (unpaired) electrons. The molecule has 0 amide bonds. The number of hydrogen-bond acceptors (Lipinski definition) is 2. The minimum absolute atomic E-state index is 0.0330. The van der Waals surface area contributed by atoms with Gasteiger partial charge in [0.1, 0.15) is 5.75 Å². The minimum atomic E-state index is -2.70. The molecule has 0 aromatic heterocycles. The lowest BCUT2D eigenvalue weighted by Crippen LogP contribution is -1.97. The molecule has 1 aromatic rings. The highest BCUT2D eigenvalue weighted by atomic mass is 19.3. The number of alkyl halides is 2. The van der Waals surface area contributed by atoms with Crippen LogP contribution in [0.4, 0.5) is 8.78 Å². The third-order valence-corrected chi connectivity index (χ3v) is 1.66. The Morgan fingerprint density at radius 3 is 2.62 bits per heavy atom. The maximum absolute atomic E-state index is 12.4. The Labute approximate surface area is 74.1 Å². The zero-order chi connectivity index (χ0) is 9.84. The summed E-state index contributed by atoms with van der Waals surface area (Å²) in [4.78, 5) is 10.4. The van der Waals surface area contributed by atoms with E-state index in [1.165, 1.54) is 25.3 Å². The summed E-state index contributed by atoms with van der Waals surface area (Å²) in [6.07, 6.45) is -2.30. The summed E-state index contributed by atoms with van der Waals surface area (Å²) < 4.78 is 29.6. The van der Waals surface area contributed by atoms with Crippen molar-refractivity contribution in [2.75, 3.05) is 7.11 Å². The summed E-state index contributed by atoms with van der Waals surface area (Å²) in [6.45, 7) is 0. The second-order valence-corrected chi connectivity index (χ2v) is 2.38. The second kappa shape index (κ2) is 3.98. The van der Waals surface area contributed by atoms with E-state index in [-0.39, 0.29) is 16.9 Å². The van der Waals surface area contributed by atoms with Crippen LogP contribution in [0.15, 0.2) is 18.2 Å². The topological polar surface area (TPSA) is 26.3 Å². The van der Waals surface area contributed by atoms with Gasteiger partial charge in [-0.15, -0.1) is 0 Å². The SMILES string of the molecule is COc1cccc(C=O)c1C(F)F. The average Bonchev–Trinajstić information content (AvgIpc) is 2.16. The summed E-state index contributed by atoms with van der Waals surface area (Å²) in [5.41, 5.74) is -0.380. The first-order valence-electron chi connectivity index (χ1n) is 3.61. The number of carbonyl (C=O) groups excluding carboxylic acids is 1. The Hall–Kier alpha value is -1.45. The quantitative estimate of drug-likeness (QED) is 0.677. The van der Waals surface area contributed by atoms with Gasteiger partial charge in [0.15, 0.2) is 6.29 Å². The lowest BCUT2D eigenvalue weighted by molar-refractivity contribution is 0.110. The van der Waals surface area contributed by atoms with E-state index in [1.54, 1.807) is 0 Å². The molecule has 0 aliphatic carbocycles. The third kappa shape index (κ3) is 1.83. The van der Waals surface area contributed by atoms with Gasteiger partial charge in [-0.05, 0) is 6.07 Å². The summed E-state index contributed by atoms with van der Waals surface area (Å²) in [5.74, 6) is 0.0413. The first-order valence-corrected chi connectivity index (χ1v) is 3.61. The van der Waals surface area contributed by atoms with Crippen molar-refractivity contribution in [3.8, 4) is 5.75 Å². The molecule has 4 heteroatoms. The summed E-state index contributed by atoms with van der Waals surface area (Å²) >= 11 is 0. The molecular formula is C9H8F2O2. The van der Waals surface area contributed by atoms with Crippen molar-refractivity contribution in [2.24, 2.45) is 0 Å². The molecule has 0 N–H and O–H groups in total. The number of halogens is 2. The monoisotopic (exact) mass is 186 g/mol. The zero-order valence-corrected chi connectivity index (χ0v) is 6.96. The first-order chi connectivity index (χ1) is 6.20. The molecule has 0 aliphatic rings. The number of methoxy groups -OCH3 is 1. The largest absolute Gasteiger partial charge is 0.496 e. The number of hydrogen-bond donors (Lipinski definition) is 0. The van der Waals surface area contributed by atoms with E-state index >= 15 is 0 Å². The maximum Gasteiger partial charge on any atom is 0.268 e. The maximum atomic E-state index is 12.4. The Morgan fingerprint density at radius 2 is 2.15 bits per heavy atom. The molecule has 2 nitrogen and oxygen atoms in total. The number of aldehydes is 1. The molecule has 0 bridgehead atoms. The molecule has 0 fully saturated rings. The number of carbonyl (C=O) groups is 1. The Morgan fingerprint density at radius 1 is 1.46 bits per heavy atom. The lowest BCUT2D eigenvalue weighted by atomic mass is 10.1. The standard InChI is InChI=1S/C9H8F2O2/c1-13-7-4-2-3-6(5-12)8(7)9(10)11/h2-5,9H,1H3. The van der Waals surface area contributed by atoms with Gasteiger partial charge in [-0.25, -0.2) is 8.78 Å². The minimum Gasteiger partial charge on any atom is -0.496 e. The van der Waals surface area contributed by atoms with Crippen LogP contribution in [0.1, 0.15) is 22.3 Å². The van der Waals surface area contributed by atoms with Crippen LogP contribution in [0.3, 0.4) is 0 Å². The van der Waals surface area contributed by atoms with Gasteiger partial charge in [0.25, 0.3) is 6.43 Å². The molecule has 0 spiro atoms. The van der Waals surface area contributed by atoms with Crippen LogP contribution in [-0.2, 0) is 0 Å². The molecule has 0 saturated heterocycles. The Kier molecular flexibility index (Phi) is 2.95. The van der Waals surface area contributed by atoms with E-state index in [2.05, 4.69) is 0 Å². The molecule has 0 heterocycles. The fraction of sp³-hybridized carbons (Fsp3) is 0.222. The first kappa shape index (κ1) is 9.64. The highest BCUT2D eigenvalue weighted by Gasteiger charge is 2.17. The van der Waals surface area contributed by atoms with Gasteiger partial charge in [-0.3, -0.25) is 4.79 Å². The van der Waals surface area contributed by atoms with E-state index in [0.29, 0.717) is 6.29 Å². The predicted molar refractivity (Wildman–Crippen MR) is 43.3 cm³/mol. The number of rotatable bonds is 3. The van der Waals surface area contributed by atoms with Crippen molar-refractivity contribution in [1.29, 1.82) is 0 Å². The van der Waals surface area contributed by atoms with Gasteiger partial charge >= 0.3 is 0 Å². The molecular weight excluding hydrogens is 178 g/mol. The predicted octanol–water partition coefficient (Wildman–Crippen LogP) is 2.45. The van der Waals surface area contributed by atoms with Crippen molar-refractivity contribution in [1.82, 2.24) is 0 Å². The van der Waals surface area contributed by atoms with Crippen LogP contribution in [0.5, 0.6) is 5.75 Å². The van der Waals surface area contributed by atoms with E-state index in [0.717, 1.165) is 0 Å². The van der Waals surface area contributed by atoms with Gasteiger partial charge < -0.3 is 4.74 Å². The lowest BCUT2D eigenvalue weighted by Gasteiger charge is -2.08. The fourth-order valence-electron chi connectivity index (χ4n) is 1.08. The van der Waals surface area contributed by atoms with Crippen LogP contribution in [0, 0.1) is 0 Å². The number of benzene rings is 1. The fourth-order valence-corrected chi connectivity index (χ4v) is 1.08. The van der Waals surface area contributed by atoms with E-state index in [9.17, 15) is 13.6 Å². The van der Waals surface area contributed by atoms with Crippen LogP contribution in [-0.4, -0.2) is 13.4 Å². The smallest absolute Gasteiger partial charge is 0.268 e. The van der Waals surface area contributed by atoms with E-state index < -0.39 is 6.43 Å². The highest BCUT2D eigenvalue weighted by molar-refractivity contribution is 5.78. The van der Waals surface area contributed by atoms with Gasteiger partial charge in [-0.1, -0.05) is 12.1 Å². The van der Waals surface area contributed by atoms with Crippen LogP contribution in [0.25, 0.3) is 0 Å². The Bertz CT molecular complexity index is 310. The average molecular weight is 186 g/mol. The zero-order valence-electron chi connectivity index (χ0n) is 6.96. The van der Waals surface area contributed by atoms with Crippen molar-refractivity contribution in [2.45, 2.75) is 6.43 Å². The molecule has 0 aliphatic heterocycles. The van der Waals surface area contributed by atoms with Crippen LogP contribution in [0.2, 0.25) is 0 Å². The highest BCUT2D eigenvalue weighted by Crippen LogP contribution is 2.30. The molecule has 0 saturated carbocycles. The third-order valence-electron chi connectivity index (χ3n) is 1.66. The van der Waals surface area contributed by atoms with Crippen LogP contribution >= 0.6 is 0 Å². The van der Waals surface area contributed by atoms with Gasteiger partial charge in [0.05, 0.1) is 12.7 Å². The normalized spacial score (nSPS) is 10.2. The van der Waals surface area contributed by atoms with Crippen molar-refractivity contribution in [3.05, 3.63) is 29.3 Å². The molecule has 0 atom stereocenters. The molecule has 1 rings (SSSR count). The Balaban J connectivity index is 3.29. The molecule has 13 heavy (non-hydrogen) atoms. The molecule has 0 unspecified atom stereocenters. The summed E-state index contributed by atoms with van der Waals surface area (Å²) in [6, 6.07) is 4.22. The van der Waals surface area contributed by atoms with Crippen molar-refractivity contribution in [3.63, 3.8) is 0 Å². The summed E-state index contributed by atoms with van der Waals surface area (Å²) in [7, 11) is 1.29. The van der Waals surface area contributed by atoms with E-state index in [4.69, 9.17) is 4.74 Å².